The first-order valence-corrected chi connectivity index (χ1v) is 12.3. The molecule has 7 heteroatoms. The van der Waals surface area contributed by atoms with Crippen LogP contribution in [0.25, 0.3) is 0 Å². The van der Waals surface area contributed by atoms with E-state index in [1.165, 1.54) is 11.8 Å². The molecule has 0 radical (unpaired) electrons. The Bertz CT molecular complexity index is 987. The van der Waals surface area contributed by atoms with Gasteiger partial charge >= 0.3 is 0 Å². The van der Waals surface area contributed by atoms with Crippen LogP contribution in [-0.2, 0) is 4.79 Å². The van der Waals surface area contributed by atoms with Gasteiger partial charge in [0.1, 0.15) is 6.04 Å². The third-order valence-corrected chi connectivity index (χ3v) is 6.64. The van der Waals surface area contributed by atoms with Crippen molar-refractivity contribution in [2.45, 2.75) is 66.0 Å². The fraction of sp³-hybridized carbons (Fsp3) is 0.519. The topological polar surface area (TPSA) is 71.5 Å². The monoisotopic (exact) mass is 485 g/mol. The molecule has 2 aromatic rings. The predicted molar refractivity (Wildman–Crippen MR) is 135 cm³/mol. The van der Waals surface area contributed by atoms with Crippen molar-refractivity contribution < 1.29 is 14.3 Å². The van der Waals surface area contributed by atoms with Crippen LogP contribution in [-0.4, -0.2) is 46.9 Å². The van der Waals surface area contributed by atoms with Gasteiger partial charge < -0.3 is 15.0 Å². The summed E-state index contributed by atoms with van der Waals surface area (Å²) in [6, 6.07) is 10.7. The number of nitrogens with zero attached hydrogens (tertiary/aromatic N) is 2. The molecule has 6 nitrogen and oxygen atoms in total. The van der Waals surface area contributed by atoms with E-state index in [1.807, 2.05) is 44.7 Å². The smallest absolute Gasteiger partial charge is 0.253 e. The van der Waals surface area contributed by atoms with E-state index >= 15 is 0 Å². The molecule has 1 fully saturated rings. The van der Waals surface area contributed by atoms with E-state index in [0.717, 1.165) is 11.4 Å². The van der Waals surface area contributed by atoms with Gasteiger partial charge in [-0.15, -0.1) is 0 Å². The van der Waals surface area contributed by atoms with Crippen LogP contribution in [0.5, 0.6) is 5.88 Å². The van der Waals surface area contributed by atoms with Crippen molar-refractivity contribution in [3.63, 3.8) is 0 Å². The number of halogens is 1. The molecule has 1 N–H and O–H groups in total. The number of carbonyl (C=O) groups excluding carboxylic acids is 2. The number of piperidine rings is 1. The summed E-state index contributed by atoms with van der Waals surface area (Å²) in [6.45, 7) is 13.4. The maximum Gasteiger partial charge on any atom is 0.253 e. The maximum absolute atomic E-state index is 13.5. The number of carbonyl (C=O) groups is 2. The number of hydrogen-bond acceptors (Lipinski definition) is 4. The normalized spacial score (nSPS) is 18.6. The first kappa shape index (κ1) is 26.0. The number of pyridine rings is 1. The quantitative estimate of drug-likeness (QED) is 0.576. The molecule has 0 bridgehead atoms. The number of amides is 2. The van der Waals surface area contributed by atoms with E-state index in [2.05, 4.69) is 36.3 Å². The van der Waals surface area contributed by atoms with Gasteiger partial charge in [-0.2, -0.15) is 0 Å². The second-order valence-electron chi connectivity index (χ2n) is 10.4. The van der Waals surface area contributed by atoms with Crippen molar-refractivity contribution in [2.24, 2.45) is 11.3 Å². The summed E-state index contributed by atoms with van der Waals surface area (Å²) < 4.78 is 5.54. The Morgan fingerprint density at radius 1 is 1.12 bits per heavy atom. The molecule has 2 heterocycles. The number of ether oxygens (including phenoxy) is 1. The zero-order chi connectivity index (χ0) is 25.0. The van der Waals surface area contributed by atoms with Crippen molar-refractivity contribution in [1.82, 2.24) is 15.2 Å². The molecule has 2 unspecified atom stereocenters. The second-order valence-corrected chi connectivity index (χ2v) is 10.8. The largest absolute Gasteiger partial charge is 0.475 e. The van der Waals surface area contributed by atoms with Crippen LogP contribution in [0, 0.1) is 11.3 Å². The van der Waals surface area contributed by atoms with E-state index < -0.39 is 6.04 Å². The fourth-order valence-electron chi connectivity index (χ4n) is 4.62. The summed E-state index contributed by atoms with van der Waals surface area (Å²) in [5.41, 5.74) is 1.53. The molecular formula is C27H36ClN3O3. The third-order valence-electron chi connectivity index (χ3n) is 6.39. The highest BCUT2D eigenvalue weighted by atomic mass is 35.5. The number of benzene rings is 1. The molecule has 34 heavy (non-hydrogen) atoms. The van der Waals surface area contributed by atoms with E-state index in [1.54, 1.807) is 12.1 Å². The highest BCUT2D eigenvalue weighted by Crippen LogP contribution is 2.42. The van der Waals surface area contributed by atoms with Gasteiger partial charge in [-0.05, 0) is 61.3 Å². The van der Waals surface area contributed by atoms with Crippen LogP contribution in [0.15, 0.2) is 42.6 Å². The van der Waals surface area contributed by atoms with Gasteiger partial charge in [-0.3, -0.25) is 9.59 Å². The molecule has 0 spiro atoms. The van der Waals surface area contributed by atoms with E-state index in [-0.39, 0.29) is 29.3 Å². The van der Waals surface area contributed by atoms with Crippen LogP contribution >= 0.6 is 11.6 Å². The van der Waals surface area contributed by atoms with Gasteiger partial charge in [0, 0.05) is 30.4 Å². The Kier molecular flexibility index (Phi) is 8.24. The van der Waals surface area contributed by atoms with Crippen LogP contribution in [0.2, 0.25) is 5.02 Å². The van der Waals surface area contributed by atoms with Crippen molar-refractivity contribution in [3.8, 4) is 5.88 Å². The lowest BCUT2D eigenvalue weighted by Crippen LogP contribution is -2.55. The van der Waals surface area contributed by atoms with Gasteiger partial charge in [-0.25, -0.2) is 4.98 Å². The molecule has 184 valence electrons. The molecule has 0 aliphatic carbocycles. The van der Waals surface area contributed by atoms with E-state index in [0.29, 0.717) is 30.5 Å². The predicted octanol–water partition coefficient (Wildman–Crippen LogP) is 5.32. The lowest BCUT2D eigenvalue weighted by atomic mass is 9.70. The summed E-state index contributed by atoms with van der Waals surface area (Å²) in [7, 11) is 0. The zero-order valence-electron chi connectivity index (χ0n) is 21.0. The van der Waals surface area contributed by atoms with Crippen molar-refractivity contribution >= 4 is 23.4 Å². The van der Waals surface area contributed by atoms with Gasteiger partial charge in [-0.1, -0.05) is 51.4 Å². The molecule has 2 amide bonds. The SMILES string of the molecule is CC(C)Oc1ccc(C(=O)NC(C(=O)N2CCC(c3ccc(Cl)cc3)C(C)(C)C2)C(C)C)cn1. The molecular weight excluding hydrogens is 450 g/mol. The first-order valence-electron chi connectivity index (χ1n) is 12.0. The molecule has 1 aromatic carbocycles. The van der Waals surface area contributed by atoms with Gasteiger partial charge in [0.2, 0.25) is 11.8 Å². The highest BCUT2D eigenvalue weighted by Gasteiger charge is 2.40. The molecule has 1 aliphatic rings. The number of nitrogens with one attached hydrogen (secondary N) is 1. The Hall–Kier alpha value is -2.60. The van der Waals surface area contributed by atoms with Gasteiger partial charge in [0.05, 0.1) is 11.7 Å². The van der Waals surface area contributed by atoms with Gasteiger partial charge in [0.25, 0.3) is 5.91 Å². The Morgan fingerprint density at radius 2 is 1.79 bits per heavy atom. The van der Waals surface area contributed by atoms with Crippen LogP contribution < -0.4 is 10.1 Å². The van der Waals surface area contributed by atoms with Crippen LogP contribution in [0.4, 0.5) is 0 Å². The minimum Gasteiger partial charge on any atom is -0.475 e. The summed E-state index contributed by atoms with van der Waals surface area (Å²) in [5.74, 6) is 0.391. The fourth-order valence-corrected chi connectivity index (χ4v) is 4.74. The summed E-state index contributed by atoms with van der Waals surface area (Å²) in [4.78, 5) is 32.5. The zero-order valence-corrected chi connectivity index (χ0v) is 21.7. The summed E-state index contributed by atoms with van der Waals surface area (Å²) in [6.07, 6.45) is 2.35. The van der Waals surface area contributed by atoms with Crippen molar-refractivity contribution in [3.05, 3.63) is 58.7 Å². The molecule has 1 saturated heterocycles. The number of aromatic nitrogens is 1. The average molecular weight is 486 g/mol. The van der Waals surface area contributed by atoms with Crippen molar-refractivity contribution in [2.75, 3.05) is 13.1 Å². The summed E-state index contributed by atoms with van der Waals surface area (Å²) in [5, 5.41) is 3.66. The van der Waals surface area contributed by atoms with Crippen LogP contribution in [0.1, 0.15) is 69.8 Å². The molecule has 2 atom stereocenters. The Labute approximate surface area is 208 Å². The lowest BCUT2D eigenvalue weighted by molar-refractivity contribution is -0.137. The Morgan fingerprint density at radius 3 is 2.32 bits per heavy atom. The van der Waals surface area contributed by atoms with Crippen LogP contribution in [0.3, 0.4) is 0 Å². The molecule has 3 rings (SSSR count). The minimum atomic E-state index is -0.609. The maximum atomic E-state index is 13.5. The average Bonchev–Trinajstić information content (AvgIpc) is 2.77. The van der Waals surface area contributed by atoms with E-state index in [9.17, 15) is 9.59 Å². The molecule has 1 aromatic heterocycles. The minimum absolute atomic E-state index is 0.00297. The van der Waals surface area contributed by atoms with E-state index in [4.69, 9.17) is 16.3 Å². The first-order chi connectivity index (χ1) is 16.0. The lowest BCUT2D eigenvalue weighted by Gasteiger charge is -2.45. The standard InChI is InChI=1S/C27H36ClN3O3/c1-17(2)24(30-25(32)20-9-12-23(29-15-20)34-18(3)4)26(33)31-14-13-22(27(5,6)16-31)19-7-10-21(28)11-8-19/h7-12,15,17-18,22,24H,13-14,16H2,1-6H3,(H,30,32). The highest BCUT2D eigenvalue weighted by molar-refractivity contribution is 6.30. The number of rotatable bonds is 7. The number of hydrogen-bond donors (Lipinski definition) is 1. The summed E-state index contributed by atoms with van der Waals surface area (Å²) >= 11 is 6.07. The van der Waals surface area contributed by atoms with Gasteiger partial charge in [0.15, 0.2) is 0 Å². The molecule has 1 aliphatic heterocycles. The Balaban J connectivity index is 1.68. The third kappa shape index (κ3) is 6.29. The van der Waals surface area contributed by atoms with Crippen molar-refractivity contribution in [1.29, 1.82) is 0 Å². The molecule has 0 saturated carbocycles. The second kappa shape index (κ2) is 10.8. The number of likely N-dealkylation sites (tertiary alicyclic amines) is 1.